The smallest absolute Gasteiger partial charge is 0.264 e. The molecule has 0 aliphatic rings. The first-order valence-corrected chi connectivity index (χ1v) is 14.4. The van der Waals surface area contributed by atoms with Gasteiger partial charge in [-0.25, -0.2) is 27.2 Å². The molecule has 3 N–H and O–H groups in total. The lowest BCUT2D eigenvalue weighted by molar-refractivity contribution is 0.400. The maximum Gasteiger partial charge on any atom is 0.264 e. The van der Waals surface area contributed by atoms with Crippen molar-refractivity contribution in [3.05, 3.63) is 96.2 Å². The molecule has 0 saturated heterocycles. The van der Waals surface area contributed by atoms with Crippen molar-refractivity contribution in [1.82, 2.24) is 9.97 Å². The normalized spacial score (nSPS) is 11.1. The molecule has 3 aromatic carbocycles. The summed E-state index contributed by atoms with van der Waals surface area (Å²) in [5, 5.41) is 0.805. The Morgan fingerprint density at radius 3 is 2.55 bits per heavy atom. The van der Waals surface area contributed by atoms with Gasteiger partial charge in [-0.3, -0.25) is 4.72 Å². The number of anilines is 2. The van der Waals surface area contributed by atoms with Crippen molar-refractivity contribution in [1.29, 1.82) is 0 Å². The van der Waals surface area contributed by atoms with Gasteiger partial charge in [-0.2, -0.15) is 0 Å². The fourth-order valence-corrected chi connectivity index (χ4v) is 5.59. The van der Waals surface area contributed by atoms with Gasteiger partial charge in [0.05, 0.1) is 12.6 Å². The van der Waals surface area contributed by atoms with E-state index in [2.05, 4.69) is 26.5 Å². The predicted molar refractivity (Wildman–Crippen MR) is 160 cm³/mol. The summed E-state index contributed by atoms with van der Waals surface area (Å²) >= 11 is 0. The number of sulfonamides is 1. The number of nitrogens with one attached hydrogen (secondary N) is 1. The lowest BCUT2D eigenvalue weighted by Gasteiger charge is -2.14. The molecule has 0 aliphatic carbocycles. The van der Waals surface area contributed by atoms with Gasteiger partial charge in [-0.05, 0) is 53.1 Å². The average Bonchev–Trinajstić information content (AvgIpc) is 2.96. The van der Waals surface area contributed by atoms with E-state index in [9.17, 15) is 17.2 Å². The van der Waals surface area contributed by atoms with E-state index in [0.717, 1.165) is 40.6 Å². The fraction of sp³-hybridized carbons (Fsp3) is 0.125. The molecule has 0 bridgehead atoms. The highest BCUT2D eigenvalue weighted by Gasteiger charge is 2.22. The van der Waals surface area contributed by atoms with E-state index in [-0.39, 0.29) is 11.6 Å². The van der Waals surface area contributed by atoms with Gasteiger partial charge in [0.2, 0.25) is 5.88 Å². The van der Waals surface area contributed by atoms with Crippen molar-refractivity contribution in [3.63, 3.8) is 0 Å². The van der Waals surface area contributed by atoms with Crippen LogP contribution in [-0.2, 0) is 16.4 Å². The molecule has 0 saturated carbocycles. The Hall–Kier alpha value is -5.01. The number of nitrogens with zero attached hydrogens (tertiary/aromatic N) is 2. The lowest BCUT2D eigenvalue weighted by atomic mass is 9.99. The monoisotopic (exact) mass is 584 g/mol. The molecule has 0 spiro atoms. The number of rotatable bonds is 7. The Labute approximate surface area is 242 Å². The minimum absolute atomic E-state index is 0.0158. The number of ether oxygens (including phenoxy) is 1. The van der Waals surface area contributed by atoms with Crippen LogP contribution in [0.3, 0.4) is 0 Å². The van der Waals surface area contributed by atoms with Gasteiger partial charge in [0, 0.05) is 41.6 Å². The second-order valence-electron chi connectivity index (χ2n) is 9.37. The molecule has 10 heteroatoms. The van der Waals surface area contributed by atoms with Crippen LogP contribution in [0.1, 0.15) is 18.9 Å². The third-order valence-corrected chi connectivity index (χ3v) is 7.88. The Balaban J connectivity index is 1.52. The van der Waals surface area contributed by atoms with Crippen LogP contribution in [0.4, 0.5) is 20.3 Å². The van der Waals surface area contributed by atoms with Crippen LogP contribution in [0.2, 0.25) is 0 Å². The van der Waals surface area contributed by atoms with Crippen LogP contribution in [0, 0.1) is 23.5 Å². The van der Waals surface area contributed by atoms with E-state index in [0.29, 0.717) is 34.9 Å². The topological polar surface area (TPSA) is 107 Å². The maximum absolute atomic E-state index is 14.3. The first kappa shape index (κ1) is 28.5. The molecule has 7 nitrogen and oxygen atoms in total. The van der Waals surface area contributed by atoms with Crippen molar-refractivity contribution in [2.75, 3.05) is 17.6 Å². The summed E-state index contributed by atoms with van der Waals surface area (Å²) in [5.41, 5.74) is 11.0. The summed E-state index contributed by atoms with van der Waals surface area (Å²) < 4.78 is 61.0. The molecule has 0 unspecified atom stereocenters. The molecule has 0 fully saturated rings. The highest BCUT2D eigenvalue weighted by Crippen LogP contribution is 2.34. The van der Waals surface area contributed by atoms with Crippen molar-refractivity contribution in [2.45, 2.75) is 24.7 Å². The zero-order valence-corrected chi connectivity index (χ0v) is 23.6. The largest absolute Gasteiger partial charge is 0.480 e. The van der Waals surface area contributed by atoms with Crippen LogP contribution < -0.4 is 15.2 Å². The number of fused-ring (bicyclic) bond motifs is 1. The quantitative estimate of drug-likeness (QED) is 0.209. The summed E-state index contributed by atoms with van der Waals surface area (Å²) in [7, 11) is -3.09. The molecule has 0 atom stereocenters. The van der Waals surface area contributed by atoms with Crippen molar-refractivity contribution >= 4 is 32.4 Å². The van der Waals surface area contributed by atoms with Crippen LogP contribution in [-0.4, -0.2) is 25.5 Å². The van der Waals surface area contributed by atoms with Gasteiger partial charge < -0.3 is 10.5 Å². The molecule has 5 rings (SSSR count). The molecule has 5 aromatic rings. The van der Waals surface area contributed by atoms with Gasteiger partial charge in [0.15, 0.2) is 0 Å². The Bertz CT molecular complexity index is 1990. The minimum atomic E-state index is -4.42. The third kappa shape index (κ3) is 6.01. The third-order valence-electron chi connectivity index (χ3n) is 6.48. The van der Waals surface area contributed by atoms with Crippen LogP contribution in [0.25, 0.3) is 33.2 Å². The number of hydrogen-bond donors (Lipinski definition) is 2. The second-order valence-corrected chi connectivity index (χ2v) is 11.0. The van der Waals surface area contributed by atoms with E-state index >= 15 is 0 Å². The number of methoxy groups -OCH3 is 1. The first-order valence-electron chi connectivity index (χ1n) is 13.0. The highest BCUT2D eigenvalue weighted by molar-refractivity contribution is 7.92. The van der Waals surface area contributed by atoms with E-state index in [1.54, 1.807) is 0 Å². The maximum atomic E-state index is 14.3. The summed E-state index contributed by atoms with van der Waals surface area (Å²) in [6, 6.07) is 19.2. The molecule has 0 amide bonds. The SMILES string of the molecule is CCC#CCc1cccc(-c2cc3cc(-c4cnc(OC)c(NS(=O)(=O)c5ccc(F)cc5F)c4)ccc3nc2N)c1. The molecule has 2 aromatic heterocycles. The lowest BCUT2D eigenvalue weighted by Crippen LogP contribution is -2.15. The van der Waals surface area contributed by atoms with Crippen molar-refractivity contribution < 1.29 is 21.9 Å². The van der Waals surface area contributed by atoms with Crippen molar-refractivity contribution in [2.24, 2.45) is 0 Å². The molecule has 2 heterocycles. The molecule has 0 radical (unpaired) electrons. The number of aromatic nitrogens is 2. The number of pyridine rings is 2. The average molecular weight is 585 g/mol. The van der Waals surface area contributed by atoms with E-state index in [4.69, 9.17) is 10.5 Å². The number of nitrogens with two attached hydrogens (primary N) is 1. The molecule has 0 aliphatic heterocycles. The van der Waals surface area contributed by atoms with Crippen LogP contribution in [0.5, 0.6) is 5.88 Å². The van der Waals surface area contributed by atoms with Gasteiger partial charge in [0.1, 0.15) is 28.0 Å². The standard InChI is InChI=1S/C32H26F2N4O3S/c1-3-4-5-7-20-8-6-9-22(14-20)26-16-23-15-21(10-12-28(23)37-31(26)35)24-17-29(32(41-2)36-19-24)38-42(39,40)30-13-11-25(33)18-27(30)34/h6,8-19,38H,3,7H2,1-2H3,(H2,35,37). The van der Waals surface area contributed by atoms with Crippen LogP contribution >= 0.6 is 0 Å². The summed E-state index contributed by atoms with van der Waals surface area (Å²) in [4.78, 5) is 8.12. The number of halogens is 2. The Morgan fingerprint density at radius 1 is 0.952 bits per heavy atom. The first-order chi connectivity index (χ1) is 20.2. The van der Waals surface area contributed by atoms with Gasteiger partial charge in [-0.15, -0.1) is 5.92 Å². The Morgan fingerprint density at radius 2 is 1.79 bits per heavy atom. The second kappa shape index (κ2) is 11.8. The van der Waals surface area contributed by atoms with E-state index in [1.807, 2.05) is 55.5 Å². The van der Waals surface area contributed by atoms with E-state index in [1.165, 1.54) is 19.4 Å². The molecular weight excluding hydrogens is 558 g/mol. The molecular formula is C32H26F2N4O3S. The fourth-order valence-electron chi connectivity index (χ4n) is 4.48. The Kier molecular flexibility index (Phi) is 8.04. The molecule has 212 valence electrons. The summed E-state index contributed by atoms with van der Waals surface area (Å²) in [6.45, 7) is 2.01. The summed E-state index contributed by atoms with van der Waals surface area (Å²) in [6.07, 6.45) is 2.97. The minimum Gasteiger partial charge on any atom is -0.480 e. The number of benzene rings is 3. The van der Waals surface area contributed by atoms with E-state index < -0.39 is 26.6 Å². The van der Waals surface area contributed by atoms with Crippen LogP contribution in [0.15, 0.2) is 83.9 Å². The van der Waals surface area contributed by atoms with Gasteiger partial charge in [0.25, 0.3) is 10.0 Å². The van der Waals surface area contributed by atoms with Crippen molar-refractivity contribution in [3.8, 4) is 40.0 Å². The van der Waals surface area contributed by atoms with Gasteiger partial charge in [-0.1, -0.05) is 43.2 Å². The predicted octanol–water partition coefficient (Wildman–Crippen LogP) is 6.59. The zero-order chi connectivity index (χ0) is 29.9. The van der Waals surface area contributed by atoms with Gasteiger partial charge >= 0.3 is 0 Å². The summed E-state index contributed by atoms with van der Waals surface area (Å²) in [5.74, 6) is 4.49. The number of nitrogen functional groups attached to an aromatic ring is 1. The zero-order valence-electron chi connectivity index (χ0n) is 22.8. The highest BCUT2D eigenvalue weighted by atomic mass is 32.2. The molecule has 42 heavy (non-hydrogen) atoms. The number of hydrogen-bond acceptors (Lipinski definition) is 6.